The minimum atomic E-state index is 0.721. The van der Waals surface area contributed by atoms with Crippen LogP contribution in [0.25, 0.3) is 0 Å². The number of benzene rings is 1. The lowest BCUT2D eigenvalue weighted by Gasteiger charge is -2.39. The van der Waals surface area contributed by atoms with E-state index in [2.05, 4.69) is 35.3 Å². The molecule has 1 nitrogen and oxygen atoms in total. The fourth-order valence-corrected chi connectivity index (χ4v) is 4.29. The molecule has 1 N–H and O–H groups in total. The van der Waals surface area contributed by atoms with Gasteiger partial charge in [0, 0.05) is 17.1 Å². The summed E-state index contributed by atoms with van der Waals surface area (Å²) in [5, 5.41) is 4.69. The molecule has 3 heteroatoms. The van der Waals surface area contributed by atoms with Crippen LogP contribution in [0, 0.1) is 0 Å². The van der Waals surface area contributed by atoms with Gasteiger partial charge in [-0.05, 0) is 60.8 Å². The summed E-state index contributed by atoms with van der Waals surface area (Å²) < 4.78 is 0. The second kappa shape index (κ2) is 5.85. The van der Waals surface area contributed by atoms with Crippen molar-refractivity contribution in [3.8, 4) is 0 Å². The van der Waals surface area contributed by atoms with Gasteiger partial charge in [0.1, 0.15) is 0 Å². The Morgan fingerprint density at radius 2 is 1.89 bits per heavy atom. The Balaban J connectivity index is 1.48. The Kier molecular flexibility index (Phi) is 4.17. The number of hydrogen-bond acceptors (Lipinski definition) is 2. The predicted octanol–water partition coefficient (Wildman–Crippen LogP) is 4.07. The van der Waals surface area contributed by atoms with E-state index in [1.807, 2.05) is 6.07 Å². The molecular formula is C15H20ClNS. The second-order valence-electron chi connectivity index (χ2n) is 5.47. The van der Waals surface area contributed by atoms with Gasteiger partial charge in [0.2, 0.25) is 0 Å². The van der Waals surface area contributed by atoms with E-state index >= 15 is 0 Å². The highest BCUT2D eigenvalue weighted by Gasteiger charge is 2.31. The van der Waals surface area contributed by atoms with Crippen molar-refractivity contribution >= 4 is 23.4 Å². The third-order valence-electron chi connectivity index (χ3n) is 4.15. The van der Waals surface area contributed by atoms with E-state index in [0.717, 1.165) is 23.0 Å². The van der Waals surface area contributed by atoms with Crippen LogP contribution in [0.2, 0.25) is 5.02 Å². The van der Waals surface area contributed by atoms with E-state index in [9.17, 15) is 0 Å². The molecule has 98 valence electrons. The molecule has 0 atom stereocenters. The first-order valence-electron chi connectivity index (χ1n) is 6.90. The molecule has 2 fully saturated rings. The van der Waals surface area contributed by atoms with Crippen molar-refractivity contribution < 1.29 is 0 Å². The largest absolute Gasteiger partial charge is 0.311 e. The van der Waals surface area contributed by atoms with E-state index < -0.39 is 0 Å². The molecule has 0 unspecified atom stereocenters. The zero-order chi connectivity index (χ0) is 12.4. The molecule has 1 aromatic carbocycles. The topological polar surface area (TPSA) is 12.0 Å². The number of nitrogens with one attached hydrogen (secondary N) is 1. The van der Waals surface area contributed by atoms with Crippen LogP contribution in [0.5, 0.6) is 0 Å². The van der Waals surface area contributed by atoms with Crippen LogP contribution >= 0.6 is 23.4 Å². The number of halogens is 1. The highest BCUT2D eigenvalue weighted by atomic mass is 35.5. The first-order valence-corrected chi connectivity index (χ1v) is 8.44. The standard InChI is InChI=1S/C15H20ClNS/c16-13-3-1-2-11(8-13)12-9-15(10-12)17-14-4-6-18-7-5-14/h1-3,8,12,14-15,17H,4-7,9-10H2. The molecule has 0 bridgehead atoms. The molecule has 1 heterocycles. The summed E-state index contributed by atoms with van der Waals surface area (Å²) in [6, 6.07) is 9.87. The van der Waals surface area contributed by atoms with Gasteiger partial charge in [0.25, 0.3) is 0 Å². The monoisotopic (exact) mass is 281 g/mol. The maximum atomic E-state index is 6.04. The molecule has 1 aromatic rings. The smallest absolute Gasteiger partial charge is 0.0408 e. The van der Waals surface area contributed by atoms with Crippen molar-refractivity contribution in [1.82, 2.24) is 5.32 Å². The molecule has 0 amide bonds. The summed E-state index contributed by atoms with van der Waals surface area (Å²) in [7, 11) is 0. The lowest BCUT2D eigenvalue weighted by atomic mass is 9.75. The fraction of sp³-hybridized carbons (Fsp3) is 0.600. The highest BCUT2D eigenvalue weighted by molar-refractivity contribution is 7.99. The van der Waals surface area contributed by atoms with Gasteiger partial charge in [-0.3, -0.25) is 0 Å². The molecule has 0 radical (unpaired) electrons. The summed E-state index contributed by atoms with van der Waals surface area (Å²) in [6.07, 6.45) is 5.26. The molecule has 1 saturated carbocycles. The van der Waals surface area contributed by atoms with Crippen LogP contribution in [0.1, 0.15) is 37.2 Å². The van der Waals surface area contributed by atoms with Crippen molar-refractivity contribution in [1.29, 1.82) is 0 Å². The van der Waals surface area contributed by atoms with Crippen molar-refractivity contribution in [2.45, 2.75) is 43.7 Å². The van der Waals surface area contributed by atoms with Gasteiger partial charge < -0.3 is 5.32 Å². The normalized spacial score (nSPS) is 28.9. The van der Waals surface area contributed by atoms with Crippen LogP contribution in [-0.4, -0.2) is 23.6 Å². The Hall–Kier alpha value is -0.180. The summed E-state index contributed by atoms with van der Waals surface area (Å²) in [4.78, 5) is 0. The van der Waals surface area contributed by atoms with Crippen LogP contribution in [0.3, 0.4) is 0 Å². The van der Waals surface area contributed by atoms with E-state index in [0.29, 0.717) is 0 Å². The van der Waals surface area contributed by atoms with Gasteiger partial charge in [-0.15, -0.1) is 0 Å². The summed E-state index contributed by atoms with van der Waals surface area (Å²) in [5.41, 5.74) is 1.42. The lowest BCUT2D eigenvalue weighted by molar-refractivity contribution is 0.258. The average Bonchev–Trinajstić information content (AvgIpc) is 2.34. The van der Waals surface area contributed by atoms with E-state index in [1.54, 1.807) is 0 Å². The van der Waals surface area contributed by atoms with Gasteiger partial charge in [-0.1, -0.05) is 23.7 Å². The summed E-state index contributed by atoms with van der Waals surface area (Å²) in [5.74, 6) is 3.39. The maximum absolute atomic E-state index is 6.04. The van der Waals surface area contributed by atoms with Crippen molar-refractivity contribution in [3.63, 3.8) is 0 Å². The average molecular weight is 282 g/mol. The number of thioether (sulfide) groups is 1. The van der Waals surface area contributed by atoms with Gasteiger partial charge in [-0.2, -0.15) is 11.8 Å². The van der Waals surface area contributed by atoms with E-state index in [4.69, 9.17) is 11.6 Å². The number of rotatable bonds is 3. The second-order valence-corrected chi connectivity index (χ2v) is 7.13. The first-order chi connectivity index (χ1) is 8.81. The fourth-order valence-electron chi connectivity index (χ4n) is 2.98. The zero-order valence-electron chi connectivity index (χ0n) is 10.6. The molecule has 0 spiro atoms. The van der Waals surface area contributed by atoms with Gasteiger partial charge in [0.05, 0.1) is 0 Å². The van der Waals surface area contributed by atoms with Crippen molar-refractivity contribution in [3.05, 3.63) is 34.9 Å². The van der Waals surface area contributed by atoms with Crippen LogP contribution in [0.4, 0.5) is 0 Å². The quantitative estimate of drug-likeness (QED) is 0.896. The van der Waals surface area contributed by atoms with Crippen molar-refractivity contribution in [2.24, 2.45) is 0 Å². The van der Waals surface area contributed by atoms with E-state index in [-0.39, 0.29) is 0 Å². The third kappa shape index (κ3) is 3.04. The lowest BCUT2D eigenvalue weighted by Crippen LogP contribution is -2.46. The Labute approximate surface area is 119 Å². The molecule has 1 aliphatic heterocycles. The molecule has 3 rings (SSSR count). The van der Waals surface area contributed by atoms with Gasteiger partial charge in [0.15, 0.2) is 0 Å². The van der Waals surface area contributed by atoms with Crippen LogP contribution < -0.4 is 5.32 Å². The van der Waals surface area contributed by atoms with Crippen LogP contribution in [-0.2, 0) is 0 Å². The summed E-state index contributed by atoms with van der Waals surface area (Å²) >= 11 is 8.14. The highest BCUT2D eigenvalue weighted by Crippen LogP contribution is 2.38. The van der Waals surface area contributed by atoms with Gasteiger partial charge in [-0.25, -0.2) is 0 Å². The molecule has 18 heavy (non-hydrogen) atoms. The zero-order valence-corrected chi connectivity index (χ0v) is 12.1. The maximum Gasteiger partial charge on any atom is 0.0408 e. The molecule has 1 saturated heterocycles. The molecule has 2 aliphatic rings. The minimum absolute atomic E-state index is 0.721. The third-order valence-corrected chi connectivity index (χ3v) is 5.43. The van der Waals surface area contributed by atoms with Crippen LogP contribution in [0.15, 0.2) is 24.3 Å². The summed E-state index contributed by atoms with van der Waals surface area (Å²) in [6.45, 7) is 0. The Morgan fingerprint density at radius 3 is 2.61 bits per heavy atom. The minimum Gasteiger partial charge on any atom is -0.311 e. The molecule has 1 aliphatic carbocycles. The van der Waals surface area contributed by atoms with Gasteiger partial charge >= 0.3 is 0 Å². The Bertz CT molecular complexity index is 397. The SMILES string of the molecule is Clc1cccc(C2CC(NC3CCSCC3)C2)c1. The number of hydrogen-bond donors (Lipinski definition) is 1. The molecular weight excluding hydrogens is 262 g/mol. The Morgan fingerprint density at radius 1 is 1.11 bits per heavy atom. The predicted molar refractivity (Wildman–Crippen MR) is 80.7 cm³/mol. The molecule has 0 aromatic heterocycles. The first kappa shape index (κ1) is 12.8. The van der Waals surface area contributed by atoms with Crippen molar-refractivity contribution in [2.75, 3.05) is 11.5 Å². The van der Waals surface area contributed by atoms with E-state index in [1.165, 1.54) is 42.8 Å².